The van der Waals surface area contributed by atoms with Crippen LogP contribution in [0.5, 0.6) is 0 Å². The lowest BCUT2D eigenvalue weighted by Crippen LogP contribution is -2.42. The third kappa shape index (κ3) is 9.65. The maximum atomic E-state index is 12.6. The number of rotatable bonds is 11. The number of fused-ring (bicyclic) bond motifs is 1. The summed E-state index contributed by atoms with van der Waals surface area (Å²) in [5.74, 6) is -3.86. The molecule has 1 atom stereocenters. The molecule has 242 valence electrons. The van der Waals surface area contributed by atoms with Gasteiger partial charge in [0.25, 0.3) is 10.0 Å². The number of β-amino-alcohol motifs (C(OH)–C–C–N with tert-alkyl or cyclic N) is 1. The number of aromatic nitrogens is 2. The summed E-state index contributed by atoms with van der Waals surface area (Å²) in [7, 11) is -3.74. The van der Waals surface area contributed by atoms with Crippen molar-refractivity contribution < 1.29 is 46.5 Å². The van der Waals surface area contributed by atoms with Gasteiger partial charge in [-0.15, -0.1) is 0 Å². The minimum atomic E-state index is -5.08. The lowest BCUT2D eigenvalue weighted by molar-refractivity contribution is -0.192. The molecule has 16 heteroatoms. The van der Waals surface area contributed by atoms with Crippen molar-refractivity contribution in [3.8, 4) is 0 Å². The predicted molar refractivity (Wildman–Crippen MR) is 161 cm³/mol. The van der Waals surface area contributed by atoms with E-state index < -0.39 is 34.2 Å². The zero-order chi connectivity index (χ0) is 33.6. The summed E-state index contributed by atoms with van der Waals surface area (Å²) in [6.07, 6.45) is -3.63. The first-order valence-corrected chi connectivity index (χ1v) is 15.0. The van der Waals surface area contributed by atoms with Crippen LogP contribution in [0.3, 0.4) is 0 Å². The molecule has 0 aliphatic heterocycles. The monoisotopic (exact) mass is 670 g/mol. The second kappa shape index (κ2) is 14.3. The average Bonchev–Trinajstić information content (AvgIpc) is 3.39. The van der Waals surface area contributed by atoms with Crippen LogP contribution in [0.1, 0.15) is 42.3 Å². The van der Waals surface area contributed by atoms with Gasteiger partial charge in [-0.1, -0.05) is 41.9 Å². The van der Waals surface area contributed by atoms with Gasteiger partial charge in [-0.2, -0.15) is 13.2 Å². The number of aliphatic hydroxyl groups is 1. The van der Waals surface area contributed by atoms with Gasteiger partial charge in [-0.25, -0.2) is 23.0 Å². The van der Waals surface area contributed by atoms with E-state index >= 15 is 0 Å². The fourth-order valence-corrected chi connectivity index (χ4v) is 5.40. The molecule has 45 heavy (non-hydrogen) atoms. The van der Waals surface area contributed by atoms with Gasteiger partial charge in [0, 0.05) is 24.3 Å². The van der Waals surface area contributed by atoms with E-state index in [-0.39, 0.29) is 27.6 Å². The molecule has 0 saturated heterocycles. The Bertz CT molecular complexity index is 1760. The van der Waals surface area contributed by atoms with E-state index in [1.165, 1.54) is 18.2 Å². The van der Waals surface area contributed by atoms with Crippen LogP contribution in [0.15, 0.2) is 78.0 Å². The van der Waals surface area contributed by atoms with Crippen molar-refractivity contribution in [3.05, 3.63) is 89.2 Å². The van der Waals surface area contributed by atoms with Crippen LogP contribution in [-0.4, -0.2) is 63.5 Å². The third-order valence-corrected chi connectivity index (χ3v) is 8.31. The lowest BCUT2D eigenvalue weighted by Gasteiger charge is -2.28. The van der Waals surface area contributed by atoms with Crippen molar-refractivity contribution in [1.29, 1.82) is 0 Å². The van der Waals surface area contributed by atoms with Crippen LogP contribution in [0.2, 0.25) is 5.02 Å². The highest BCUT2D eigenvalue weighted by Gasteiger charge is 2.38. The molecular weight excluding hydrogens is 641 g/mol. The number of hydrogen-bond acceptors (Lipinski definition) is 7. The summed E-state index contributed by atoms with van der Waals surface area (Å²) < 4.78 is 61.5. The topological polar surface area (TPSA) is 171 Å². The molecule has 0 aliphatic carbocycles. The van der Waals surface area contributed by atoms with E-state index in [0.717, 1.165) is 5.52 Å². The third-order valence-electron chi connectivity index (χ3n) is 6.53. The van der Waals surface area contributed by atoms with E-state index in [9.17, 15) is 36.6 Å². The number of anilines is 1. The number of aryl methyl sites for hydroxylation is 1. The maximum Gasteiger partial charge on any atom is 0.490 e. The normalized spacial score (nSPS) is 12.7. The lowest BCUT2D eigenvalue weighted by atomic mass is 9.99. The molecule has 1 heterocycles. The second-order valence-corrected chi connectivity index (χ2v) is 12.5. The van der Waals surface area contributed by atoms with Crippen LogP contribution in [0, 0.1) is 0 Å². The van der Waals surface area contributed by atoms with E-state index in [0.29, 0.717) is 29.7 Å². The van der Waals surface area contributed by atoms with Crippen molar-refractivity contribution in [1.82, 2.24) is 14.9 Å². The van der Waals surface area contributed by atoms with Gasteiger partial charge < -0.3 is 25.2 Å². The molecule has 5 N–H and O–H groups in total. The van der Waals surface area contributed by atoms with Gasteiger partial charge in [0.2, 0.25) is 0 Å². The maximum absolute atomic E-state index is 12.6. The summed E-state index contributed by atoms with van der Waals surface area (Å²) in [6, 6.07) is 17.9. The van der Waals surface area contributed by atoms with Crippen molar-refractivity contribution in [2.75, 3.05) is 11.3 Å². The molecule has 0 radical (unpaired) electrons. The number of aliphatic hydroxyl groups excluding tert-OH is 1. The molecule has 4 rings (SSSR count). The van der Waals surface area contributed by atoms with E-state index in [1.807, 2.05) is 18.4 Å². The molecule has 0 bridgehead atoms. The highest BCUT2D eigenvalue weighted by atomic mass is 35.5. The molecule has 4 aromatic rings. The SMILES string of the molecule is CC(C)(CCn1cnc2c(Cl)c(C(=O)O)ccc21)NC[C@H](O)c1cccc(NS(=O)(=O)c2ccccc2)c1.O=C(O)C(F)(F)F. The molecule has 0 aliphatic rings. The highest BCUT2D eigenvalue weighted by Crippen LogP contribution is 2.27. The number of imidazole rings is 1. The summed E-state index contributed by atoms with van der Waals surface area (Å²) in [4.78, 5) is 24.7. The Balaban J connectivity index is 0.000000707. The van der Waals surface area contributed by atoms with Crippen molar-refractivity contribution in [3.63, 3.8) is 0 Å². The first-order chi connectivity index (χ1) is 20.9. The molecule has 11 nitrogen and oxygen atoms in total. The van der Waals surface area contributed by atoms with E-state index in [1.54, 1.807) is 54.9 Å². The molecule has 0 amide bonds. The number of carboxylic acid groups (broad SMARTS) is 2. The Kier molecular flexibility index (Phi) is 11.2. The number of sulfonamides is 1. The Hall–Kier alpha value is -4.18. The van der Waals surface area contributed by atoms with Crippen LogP contribution in [0.25, 0.3) is 11.0 Å². The van der Waals surface area contributed by atoms with Crippen LogP contribution >= 0.6 is 11.6 Å². The van der Waals surface area contributed by atoms with Crippen LogP contribution in [0.4, 0.5) is 18.9 Å². The second-order valence-electron chi connectivity index (χ2n) is 10.4. The first-order valence-electron chi connectivity index (χ1n) is 13.2. The van der Waals surface area contributed by atoms with Gasteiger partial charge >= 0.3 is 18.1 Å². The van der Waals surface area contributed by atoms with Crippen LogP contribution in [-0.2, 0) is 21.4 Å². The Morgan fingerprint density at radius 3 is 2.27 bits per heavy atom. The molecule has 0 fully saturated rings. The number of nitrogens with zero attached hydrogens (tertiary/aromatic N) is 2. The molecular formula is C29H30ClF3N4O7S. The fourth-order valence-electron chi connectivity index (χ4n) is 4.04. The number of carboxylic acids is 2. The van der Waals surface area contributed by atoms with Gasteiger partial charge in [-0.05, 0) is 62.2 Å². The zero-order valence-electron chi connectivity index (χ0n) is 23.9. The molecule has 3 aromatic carbocycles. The summed E-state index contributed by atoms with van der Waals surface area (Å²) in [5.41, 5.74) is 1.76. The number of aromatic carboxylic acids is 1. The Morgan fingerprint density at radius 2 is 1.67 bits per heavy atom. The molecule has 0 unspecified atom stereocenters. The van der Waals surface area contributed by atoms with Crippen molar-refractivity contribution in [2.24, 2.45) is 0 Å². The standard InChI is InChI=1S/C27H29ClN4O5S.C2HF3O2/c1-27(2,13-14-32-17-29-25-22(32)12-11-21(24(25)28)26(34)35)30-16-23(33)18-7-6-8-19(15-18)31-38(36,37)20-9-4-3-5-10-20;3-2(4,5)1(6)7/h3-12,15,17,23,30-31,33H,13-14,16H2,1-2H3,(H,34,35);(H,6,7)/t23-;/m0./s1. The quantitative estimate of drug-likeness (QED) is 0.142. The van der Waals surface area contributed by atoms with E-state index in [4.69, 9.17) is 21.5 Å². The zero-order valence-corrected chi connectivity index (χ0v) is 25.5. The van der Waals surface area contributed by atoms with Gasteiger partial charge in [0.05, 0.1) is 33.4 Å². The van der Waals surface area contributed by atoms with Crippen LogP contribution < -0.4 is 10.0 Å². The number of nitrogens with one attached hydrogen (secondary N) is 2. The number of carbonyl (C=O) groups is 2. The number of benzene rings is 3. The van der Waals surface area contributed by atoms with Gasteiger partial charge in [0.15, 0.2) is 0 Å². The smallest absolute Gasteiger partial charge is 0.478 e. The van der Waals surface area contributed by atoms with Crippen molar-refractivity contribution in [2.45, 2.75) is 49.5 Å². The summed E-state index contributed by atoms with van der Waals surface area (Å²) in [5, 5.41) is 30.7. The largest absolute Gasteiger partial charge is 0.490 e. The minimum absolute atomic E-state index is 0.0114. The number of alkyl halides is 3. The highest BCUT2D eigenvalue weighted by molar-refractivity contribution is 7.92. The number of halogens is 4. The molecule has 1 aromatic heterocycles. The average molecular weight is 671 g/mol. The predicted octanol–water partition coefficient (Wildman–Crippen LogP) is 5.31. The van der Waals surface area contributed by atoms with Gasteiger partial charge in [0.1, 0.15) is 5.52 Å². The Morgan fingerprint density at radius 1 is 1.02 bits per heavy atom. The summed E-state index contributed by atoms with van der Waals surface area (Å²) >= 11 is 6.23. The molecule has 0 saturated carbocycles. The first kappa shape index (κ1) is 35.3. The number of hydrogen-bond donors (Lipinski definition) is 5. The number of aliphatic carboxylic acids is 1. The minimum Gasteiger partial charge on any atom is -0.478 e. The van der Waals surface area contributed by atoms with E-state index in [2.05, 4.69) is 15.0 Å². The Labute approximate surface area is 261 Å². The molecule has 0 spiro atoms. The van der Waals surface area contributed by atoms with Gasteiger partial charge in [-0.3, -0.25) is 4.72 Å². The van der Waals surface area contributed by atoms with Crippen molar-refractivity contribution >= 4 is 50.3 Å². The fraction of sp³-hybridized carbons (Fsp3) is 0.276. The summed E-state index contributed by atoms with van der Waals surface area (Å²) in [6.45, 7) is 4.87.